The van der Waals surface area contributed by atoms with Crippen LogP contribution in [0.2, 0.25) is 0 Å². The zero-order chi connectivity index (χ0) is 27.5. The second-order valence-electron chi connectivity index (χ2n) is 10.7. The molecule has 2 aliphatic heterocycles. The summed E-state index contributed by atoms with van der Waals surface area (Å²) >= 11 is 2.91. The lowest BCUT2D eigenvalue weighted by atomic mass is 9.61. The SMILES string of the molecule is CN1C(=O)C2(C(C#N)=C(N)N(c3nnc(SCc4ccccc4)s3)C3=C2C(=O)CC(C)(C)C3)c2ccccc21. The molecular weight excluding hydrogens is 528 g/mol. The lowest BCUT2D eigenvalue weighted by Gasteiger charge is -2.45. The third-order valence-electron chi connectivity index (χ3n) is 7.57. The number of amides is 1. The van der Waals surface area contributed by atoms with Gasteiger partial charge < -0.3 is 10.6 Å². The number of hydrogen-bond donors (Lipinski definition) is 1. The number of thioether (sulfide) groups is 1. The number of nitrogens with two attached hydrogens (primary N) is 1. The van der Waals surface area contributed by atoms with E-state index in [0.717, 1.165) is 15.7 Å². The van der Waals surface area contributed by atoms with E-state index < -0.39 is 5.41 Å². The number of likely N-dealkylation sites (N-methyl/N-ethyl adjacent to an activating group) is 1. The monoisotopic (exact) mass is 554 g/mol. The van der Waals surface area contributed by atoms with Crippen LogP contribution in [0.1, 0.15) is 37.8 Å². The quantitative estimate of drug-likeness (QED) is 0.453. The first-order valence-corrected chi connectivity index (χ1v) is 14.3. The van der Waals surface area contributed by atoms with Crippen LogP contribution in [-0.2, 0) is 20.8 Å². The molecule has 3 heterocycles. The van der Waals surface area contributed by atoms with Crippen LogP contribution in [0.15, 0.2) is 81.6 Å². The number of benzene rings is 2. The maximum atomic E-state index is 14.1. The Labute approximate surface area is 234 Å². The van der Waals surface area contributed by atoms with Gasteiger partial charge in [-0.05, 0) is 23.5 Å². The molecule has 39 heavy (non-hydrogen) atoms. The number of anilines is 2. The molecule has 196 valence electrons. The van der Waals surface area contributed by atoms with Gasteiger partial charge in [0.05, 0.1) is 5.57 Å². The molecule has 1 unspecified atom stereocenters. The van der Waals surface area contributed by atoms with Gasteiger partial charge in [0.1, 0.15) is 17.3 Å². The molecule has 0 bridgehead atoms. The summed E-state index contributed by atoms with van der Waals surface area (Å²) in [6.45, 7) is 4.05. The number of hydrogen-bond acceptors (Lipinski definition) is 9. The molecule has 0 saturated heterocycles. The van der Waals surface area contributed by atoms with Crippen molar-refractivity contribution in [3.8, 4) is 6.07 Å². The Morgan fingerprint density at radius 1 is 1.08 bits per heavy atom. The van der Waals surface area contributed by atoms with Crippen molar-refractivity contribution in [1.29, 1.82) is 5.26 Å². The molecule has 3 aromatic rings. The normalized spacial score (nSPS) is 21.9. The van der Waals surface area contributed by atoms with Gasteiger partial charge in [0, 0.05) is 41.7 Å². The van der Waals surface area contributed by atoms with Crippen LogP contribution in [0.4, 0.5) is 10.8 Å². The number of nitrogens with zero attached hydrogens (tertiary/aromatic N) is 5. The van der Waals surface area contributed by atoms with Crippen molar-refractivity contribution in [1.82, 2.24) is 10.2 Å². The second-order valence-corrected chi connectivity index (χ2v) is 12.9. The molecule has 3 aliphatic rings. The molecule has 1 aromatic heterocycles. The molecule has 0 fully saturated rings. The van der Waals surface area contributed by atoms with Crippen molar-refractivity contribution in [2.45, 2.75) is 42.2 Å². The summed E-state index contributed by atoms with van der Waals surface area (Å²) in [5.74, 6) is 0.327. The van der Waals surface area contributed by atoms with Crippen molar-refractivity contribution < 1.29 is 9.59 Å². The van der Waals surface area contributed by atoms with Gasteiger partial charge in [-0.3, -0.25) is 14.5 Å². The third-order valence-corrected chi connectivity index (χ3v) is 9.68. The van der Waals surface area contributed by atoms with Crippen LogP contribution in [0.5, 0.6) is 0 Å². The van der Waals surface area contributed by atoms with E-state index in [2.05, 4.69) is 28.4 Å². The highest BCUT2D eigenvalue weighted by Crippen LogP contribution is 2.58. The summed E-state index contributed by atoms with van der Waals surface area (Å²) in [5.41, 5.74) is 8.26. The fraction of sp³-hybridized carbons (Fsp3) is 0.276. The number of para-hydroxylation sites is 1. The van der Waals surface area contributed by atoms with E-state index in [1.807, 2.05) is 56.3 Å². The maximum Gasteiger partial charge on any atom is 0.247 e. The van der Waals surface area contributed by atoms with E-state index in [1.54, 1.807) is 23.7 Å². The Kier molecular flexibility index (Phi) is 5.90. The fourth-order valence-corrected chi connectivity index (χ4v) is 7.79. The molecule has 1 amide bonds. The molecule has 2 aromatic carbocycles. The minimum atomic E-state index is -1.58. The minimum Gasteiger partial charge on any atom is -0.384 e. The Morgan fingerprint density at radius 3 is 2.54 bits per heavy atom. The first kappa shape index (κ1) is 25.3. The maximum absolute atomic E-state index is 14.1. The Morgan fingerprint density at radius 2 is 1.79 bits per heavy atom. The zero-order valence-corrected chi connectivity index (χ0v) is 23.4. The number of Topliss-reactive ketones (excluding diaryl/α,β-unsaturated/α-hetero) is 1. The molecule has 6 rings (SSSR count). The average molecular weight is 555 g/mol. The van der Waals surface area contributed by atoms with Gasteiger partial charge in [0.15, 0.2) is 10.1 Å². The van der Waals surface area contributed by atoms with Crippen molar-refractivity contribution in [2.24, 2.45) is 11.1 Å². The fourth-order valence-electron chi connectivity index (χ4n) is 5.95. The van der Waals surface area contributed by atoms with Crippen LogP contribution in [0, 0.1) is 16.7 Å². The predicted molar refractivity (Wildman–Crippen MR) is 152 cm³/mol. The number of ketones is 1. The van der Waals surface area contributed by atoms with E-state index in [-0.39, 0.29) is 34.9 Å². The predicted octanol–water partition coefficient (Wildman–Crippen LogP) is 4.90. The lowest BCUT2D eigenvalue weighted by molar-refractivity contribution is -0.124. The molecule has 10 heteroatoms. The highest BCUT2D eigenvalue weighted by Gasteiger charge is 2.62. The number of allylic oxidation sites excluding steroid dienone is 1. The van der Waals surface area contributed by atoms with Crippen molar-refractivity contribution >= 4 is 45.6 Å². The summed E-state index contributed by atoms with van der Waals surface area (Å²) in [6.07, 6.45) is 0.744. The molecule has 1 spiro atoms. The summed E-state index contributed by atoms with van der Waals surface area (Å²) in [6, 6.07) is 19.6. The molecule has 1 aliphatic carbocycles. The minimum absolute atomic E-state index is 0.0461. The number of rotatable bonds is 4. The van der Waals surface area contributed by atoms with Gasteiger partial charge in [0.2, 0.25) is 11.0 Å². The summed E-state index contributed by atoms with van der Waals surface area (Å²) in [5, 5.41) is 19.8. The third kappa shape index (κ3) is 3.72. The molecule has 1 atom stereocenters. The van der Waals surface area contributed by atoms with E-state index in [9.17, 15) is 14.9 Å². The van der Waals surface area contributed by atoms with Crippen LogP contribution in [0.3, 0.4) is 0 Å². The largest absolute Gasteiger partial charge is 0.384 e. The van der Waals surface area contributed by atoms with E-state index in [4.69, 9.17) is 5.73 Å². The first-order chi connectivity index (χ1) is 18.7. The smallest absolute Gasteiger partial charge is 0.247 e. The van der Waals surface area contributed by atoms with Crippen LogP contribution < -0.4 is 15.5 Å². The topological polar surface area (TPSA) is 116 Å². The number of nitriles is 1. The van der Waals surface area contributed by atoms with Crippen molar-refractivity contribution in [3.63, 3.8) is 0 Å². The Bertz CT molecular complexity index is 1630. The summed E-state index contributed by atoms with van der Waals surface area (Å²) in [7, 11) is 1.67. The summed E-state index contributed by atoms with van der Waals surface area (Å²) < 4.78 is 0.742. The average Bonchev–Trinajstić information content (AvgIpc) is 3.46. The van der Waals surface area contributed by atoms with Gasteiger partial charge >= 0.3 is 0 Å². The first-order valence-electron chi connectivity index (χ1n) is 12.5. The van der Waals surface area contributed by atoms with Gasteiger partial charge in [-0.2, -0.15) is 5.26 Å². The van der Waals surface area contributed by atoms with Crippen LogP contribution in [0.25, 0.3) is 0 Å². The number of aromatic nitrogens is 2. The molecule has 0 saturated carbocycles. The highest BCUT2D eigenvalue weighted by molar-refractivity contribution is 8.00. The summed E-state index contributed by atoms with van der Waals surface area (Å²) in [4.78, 5) is 31.4. The lowest BCUT2D eigenvalue weighted by Crippen LogP contribution is -2.53. The van der Waals surface area contributed by atoms with Gasteiger partial charge in [-0.25, -0.2) is 0 Å². The highest BCUT2D eigenvalue weighted by atomic mass is 32.2. The van der Waals surface area contributed by atoms with E-state index in [1.165, 1.54) is 16.2 Å². The standard InChI is InChI=1S/C29H26N6O2S2/c1-28(2)13-21-23(22(36)14-28)29(18-11-7-8-12-20(18)34(3)25(29)37)19(15-30)24(31)35(21)26-32-33-27(39-26)38-16-17-9-5-4-6-10-17/h4-12H,13-14,16,31H2,1-3H3. The van der Waals surface area contributed by atoms with Gasteiger partial charge in [-0.1, -0.05) is 85.5 Å². The molecule has 0 radical (unpaired) electrons. The second kappa shape index (κ2) is 9.07. The van der Waals surface area contributed by atoms with E-state index >= 15 is 0 Å². The molecular formula is C29H26N6O2S2. The zero-order valence-electron chi connectivity index (χ0n) is 21.8. The number of carbonyl (C=O) groups is 2. The van der Waals surface area contributed by atoms with Crippen LogP contribution >= 0.6 is 23.1 Å². The number of carbonyl (C=O) groups excluding carboxylic acids is 2. The Hall–Kier alpha value is -3.94. The Balaban J connectivity index is 1.53. The number of fused-ring (bicyclic) bond motifs is 3. The van der Waals surface area contributed by atoms with Gasteiger partial charge in [-0.15, -0.1) is 10.2 Å². The molecule has 8 nitrogen and oxygen atoms in total. The van der Waals surface area contributed by atoms with E-state index in [0.29, 0.717) is 34.1 Å². The van der Waals surface area contributed by atoms with Crippen LogP contribution in [-0.4, -0.2) is 28.9 Å². The van der Waals surface area contributed by atoms with Crippen molar-refractivity contribution in [2.75, 3.05) is 16.8 Å². The van der Waals surface area contributed by atoms with Crippen molar-refractivity contribution in [3.05, 3.63) is 88.4 Å². The molecule has 2 N–H and O–H groups in total. The van der Waals surface area contributed by atoms with Gasteiger partial charge in [0.25, 0.3) is 0 Å².